The lowest BCUT2D eigenvalue weighted by molar-refractivity contribution is 0.165. The lowest BCUT2D eigenvalue weighted by atomic mass is 10.0. The van der Waals surface area contributed by atoms with Crippen molar-refractivity contribution in [2.45, 2.75) is 57.7 Å². The molecule has 0 amide bonds. The minimum absolute atomic E-state index is 0.718. The third-order valence-corrected chi connectivity index (χ3v) is 5.47. The largest absolute Gasteiger partial charge is 0.316 e. The molecule has 18 heavy (non-hydrogen) atoms. The normalized spacial score (nSPS) is 25.7. The molecule has 1 aliphatic rings. The zero-order valence-corrected chi connectivity index (χ0v) is 13.6. The molecule has 108 valence electrons. The lowest BCUT2D eigenvalue weighted by Gasteiger charge is -2.32. The van der Waals surface area contributed by atoms with Gasteiger partial charge in [0.05, 0.1) is 0 Å². The SMILES string of the molecule is CCCNCC(C)C(C)N1CCCC(SC)CC1. The van der Waals surface area contributed by atoms with Crippen LogP contribution in [0.1, 0.15) is 46.5 Å². The van der Waals surface area contributed by atoms with E-state index in [0.717, 1.165) is 30.3 Å². The van der Waals surface area contributed by atoms with Crippen LogP contribution >= 0.6 is 11.8 Å². The third-order valence-electron chi connectivity index (χ3n) is 4.34. The topological polar surface area (TPSA) is 15.3 Å². The fourth-order valence-corrected chi connectivity index (χ4v) is 3.51. The summed E-state index contributed by atoms with van der Waals surface area (Å²) >= 11 is 2.06. The van der Waals surface area contributed by atoms with Gasteiger partial charge >= 0.3 is 0 Å². The van der Waals surface area contributed by atoms with E-state index in [1.807, 2.05) is 0 Å². The highest BCUT2D eigenvalue weighted by Crippen LogP contribution is 2.23. The van der Waals surface area contributed by atoms with E-state index in [1.165, 1.54) is 38.8 Å². The van der Waals surface area contributed by atoms with Gasteiger partial charge < -0.3 is 10.2 Å². The first-order chi connectivity index (χ1) is 8.69. The van der Waals surface area contributed by atoms with Crippen molar-refractivity contribution < 1.29 is 0 Å². The van der Waals surface area contributed by atoms with Gasteiger partial charge in [0, 0.05) is 11.3 Å². The molecule has 3 heteroatoms. The summed E-state index contributed by atoms with van der Waals surface area (Å²) in [5.74, 6) is 0.752. The van der Waals surface area contributed by atoms with Gasteiger partial charge in [0.2, 0.25) is 0 Å². The van der Waals surface area contributed by atoms with Gasteiger partial charge in [-0.3, -0.25) is 0 Å². The number of nitrogens with one attached hydrogen (secondary N) is 1. The van der Waals surface area contributed by atoms with Crippen molar-refractivity contribution in [3.63, 3.8) is 0 Å². The van der Waals surface area contributed by atoms with Crippen molar-refractivity contribution in [3.8, 4) is 0 Å². The first-order valence-corrected chi connectivity index (χ1v) is 8.95. The van der Waals surface area contributed by atoms with E-state index in [2.05, 4.69) is 49.0 Å². The highest BCUT2D eigenvalue weighted by Gasteiger charge is 2.23. The molecule has 0 spiro atoms. The third kappa shape index (κ3) is 5.50. The maximum Gasteiger partial charge on any atom is 0.0105 e. The molecular weight excluding hydrogens is 240 g/mol. The number of thioether (sulfide) groups is 1. The Labute approximate surface area is 118 Å². The zero-order chi connectivity index (χ0) is 13.4. The van der Waals surface area contributed by atoms with E-state index in [0.29, 0.717) is 0 Å². The Bertz CT molecular complexity index is 211. The molecule has 0 saturated carbocycles. The molecule has 0 aromatic rings. The van der Waals surface area contributed by atoms with E-state index in [1.54, 1.807) is 0 Å². The molecule has 3 unspecified atom stereocenters. The van der Waals surface area contributed by atoms with Crippen LogP contribution < -0.4 is 5.32 Å². The fraction of sp³-hybridized carbons (Fsp3) is 1.00. The van der Waals surface area contributed by atoms with Gasteiger partial charge in [-0.05, 0) is 71.0 Å². The van der Waals surface area contributed by atoms with Crippen molar-refractivity contribution in [1.82, 2.24) is 10.2 Å². The minimum atomic E-state index is 0.718. The second-order valence-corrected chi connectivity index (χ2v) is 6.88. The van der Waals surface area contributed by atoms with Gasteiger partial charge in [0.25, 0.3) is 0 Å². The molecule has 0 bridgehead atoms. The quantitative estimate of drug-likeness (QED) is 0.716. The predicted molar refractivity (Wildman–Crippen MR) is 84.5 cm³/mol. The van der Waals surface area contributed by atoms with Crippen molar-refractivity contribution in [2.24, 2.45) is 5.92 Å². The Hall–Kier alpha value is 0.270. The maximum atomic E-state index is 3.56. The molecule has 3 atom stereocenters. The molecular formula is C15H32N2S. The smallest absolute Gasteiger partial charge is 0.0105 e. The summed E-state index contributed by atoms with van der Waals surface area (Å²) in [5.41, 5.74) is 0. The van der Waals surface area contributed by atoms with Crippen LogP contribution in [-0.2, 0) is 0 Å². The molecule has 1 aliphatic heterocycles. The van der Waals surface area contributed by atoms with Crippen LogP contribution in [0, 0.1) is 5.92 Å². The summed E-state index contributed by atoms with van der Waals surface area (Å²) in [5, 5.41) is 4.46. The lowest BCUT2D eigenvalue weighted by Crippen LogP contribution is -2.42. The Morgan fingerprint density at radius 3 is 2.72 bits per heavy atom. The summed E-state index contributed by atoms with van der Waals surface area (Å²) in [6, 6.07) is 0.718. The first-order valence-electron chi connectivity index (χ1n) is 7.66. The maximum absolute atomic E-state index is 3.56. The molecule has 1 fully saturated rings. The van der Waals surface area contributed by atoms with E-state index in [-0.39, 0.29) is 0 Å². The molecule has 2 nitrogen and oxygen atoms in total. The van der Waals surface area contributed by atoms with E-state index < -0.39 is 0 Å². The van der Waals surface area contributed by atoms with Crippen LogP contribution in [0.5, 0.6) is 0 Å². The van der Waals surface area contributed by atoms with Crippen LogP contribution in [-0.4, -0.2) is 48.6 Å². The number of rotatable bonds is 7. The van der Waals surface area contributed by atoms with Gasteiger partial charge in [-0.1, -0.05) is 13.8 Å². The number of nitrogens with zero attached hydrogens (tertiary/aromatic N) is 1. The summed E-state index contributed by atoms with van der Waals surface area (Å²) < 4.78 is 0. The van der Waals surface area contributed by atoms with Gasteiger partial charge in [0.15, 0.2) is 0 Å². The first kappa shape index (κ1) is 16.3. The van der Waals surface area contributed by atoms with Crippen LogP contribution in [0.2, 0.25) is 0 Å². The molecule has 0 aliphatic carbocycles. The van der Waals surface area contributed by atoms with Crippen molar-refractivity contribution in [1.29, 1.82) is 0 Å². The van der Waals surface area contributed by atoms with Gasteiger partial charge in [-0.25, -0.2) is 0 Å². The summed E-state index contributed by atoms with van der Waals surface area (Å²) in [7, 11) is 0. The molecule has 1 heterocycles. The molecule has 1 N–H and O–H groups in total. The van der Waals surface area contributed by atoms with E-state index in [9.17, 15) is 0 Å². The average Bonchev–Trinajstić information content (AvgIpc) is 2.63. The van der Waals surface area contributed by atoms with Crippen molar-refractivity contribution in [2.75, 3.05) is 32.4 Å². The summed E-state index contributed by atoms with van der Waals surface area (Å²) in [4.78, 5) is 2.72. The molecule has 0 radical (unpaired) electrons. The average molecular weight is 273 g/mol. The Morgan fingerprint density at radius 1 is 1.28 bits per heavy atom. The van der Waals surface area contributed by atoms with Crippen LogP contribution in [0.15, 0.2) is 0 Å². The van der Waals surface area contributed by atoms with Gasteiger partial charge in [-0.2, -0.15) is 11.8 Å². The van der Waals surface area contributed by atoms with Crippen LogP contribution in [0.3, 0.4) is 0 Å². The highest BCUT2D eigenvalue weighted by atomic mass is 32.2. The van der Waals surface area contributed by atoms with Gasteiger partial charge in [0.1, 0.15) is 0 Å². The Balaban J connectivity index is 2.33. The Morgan fingerprint density at radius 2 is 2.06 bits per heavy atom. The second kappa shape index (κ2) is 9.22. The number of hydrogen-bond donors (Lipinski definition) is 1. The summed E-state index contributed by atoms with van der Waals surface area (Å²) in [6.07, 6.45) is 7.67. The number of likely N-dealkylation sites (tertiary alicyclic amines) is 1. The molecule has 0 aromatic carbocycles. The predicted octanol–water partition coefficient (Wildman–Crippen LogP) is 3.23. The standard InChI is InChI=1S/C15H32N2S/c1-5-9-16-12-13(2)14(3)17-10-6-7-15(18-4)8-11-17/h13-16H,5-12H2,1-4H3. The zero-order valence-electron chi connectivity index (χ0n) is 12.7. The van der Waals surface area contributed by atoms with Crippen LogP contribution in [0.25, 0.3) is 0 Å². The fourth-order valence-electron chi connectivity index (χ4n) is 2.77. The monoisotopic (exact) mass is 272 g/mol. The molecule has 1 saturated heterocycles. The minimum Gasteiger partial charge on any atom is -0.316 e. The Kier molecular flexibility index (Phi) is 8.36. The highest BCUT2D eigenvalue weighted by molar-refractivity contribution is 7.99. The van der Waals surface area contributed by atoms with Gasteiger partial charge in [-0.15, -0.1) is 0 Å². The molecule has 0 aromatic heterocycles. The van der Waals surface area contributed by atoms with E-state index >= 15 is 0 Å². The number of hydrogen-bond acceptors (Lipinski definition) is 3. The molecule has 1 rings (SSSR count). The second-order valence-electron chi connectivity index (χ2n) is 5.75. The van der Waals surface area contributed by atoms with Crippen molar-refractivity contribution in [3.05, 3.63) is 0 Å². The van der Waals surface area contributed by atoms with Crippen molar-refractivity contribution >= 4 is 11.8 Å². The van der Waals surface area contributed by atoms with E-state index in [4.69, 9.17) is 0 Å². The van der Waals surface area contributed by atoms with Crippen LogP contribution in [0.4, 0.5) is 0 Å². The summed E-state index contributed by atoms with van der Waals surface area (Å²) in [6.45, 7) is 12.0.